The summed E-state index contributed by atoms with van der Waals surface area (Å²) < 4.78 is 5.22. The molecule has 1 fully saturated rings. The fourth-order valence-electron chi connectivity index (χ4n) is 1.69. The summed E-state index contributed by atoms with van der Waals surface area (Å²) >= 11 is 7.30. The van der Waals surface area contributed by atoms with Crippen LogP contribution in [0.15, 0.2) is 23.1 Å². The number of imide groups is 1. The van der Waals surface area contributed by atoms with E-state index in [-0.39, 0.29) is 11.9 Å². The summed E-state index contributed by atoms with van der Waals surface area (Å²) in [4.78, 5) is 33.9. The third kappa shape index (κ3) is 4.35. The van der Waals surface area contributed by atoms with Gasteiger partial charge in [-0.25, -0.2) is 0 Å². The van der Waals surface area contributed by atoms with Gasteiger partial charge in [-0.05, 0) is 42.9 Å². The Hall–Kier alpha value is -1.79. The molecule has 0 aliphatic heterocycles. The second-order valence-electron chi connectivity index (χ2n) is 4.69. The van der Waals surface area contributed by atoms with Crippen LogP contribution in [0, 0.1) is 5.92 Å². The van der Waals surface area contributed by atoms with Gasteiger partial charge in [-0.3, -0.25) is 19.7 Å². The second kappa shape index (κ2) is 7.47. The van der Waals surface area contributed by atoms with Crippen LogP contribution in [0.25, 0.3) is 6.08 Å². The van der Waals surface area contributed by atoms with Crippen molar-refractivity contribution in [1.29, 1.82) is 0 Å². The molecule has 0 heterocycles. The summed E-state index contributed by atoms with van der Waals surface area (Å²) in [6, 6.07) is 4.87. The number of hydrogen-bond acceptors (Lipinski definition) is 5. The number of hydrogen-bond donors (Lipinski definition) is 1. The Morgan fingerprint density at radius 1 is 1.41 bits per heavy atom. The predicted octanol–water partition coefficient (Wildman–Crippen LogP) is 2.63. The number of carbonyl (C=O) groups excluding carboxylic acids is 3. The first-order valence-corrected chi connectivity index (χ1v) is 8.17. The maximum atomic E-state index is 11.6. The van der Waals surface area contributed by atoms with Crippen LogP contribution < -0.4 is 10.1 Å². The Kier molecular flexibility index (Phi) is 5.63. The first-order chi connectivity index (χ1) is 10.5. The van der Waals surface area contributed by atoms with Gasteiger partial charge < -0.3 is 4.74 Å². The topological polar surface area (TPSA) is 72.5 Å². The Labute approximate surface area is 137 Å². The molecule has 2 rings (SSSR count). The number of halogens is 1. The lowest BCUT2D eigenvalue weighted by molar-refractivity contribution is -0.135. The molecular formula is C15H14ClNO4S. The minimum atomic E-state index is -0.483. The van der Waals surface area contributed by atoms with E-state index >= 15 is 0 Å². The van der Waals surface area contributed by atoms with Crippen molar-refractivity contribution < 1.29 is 19.1 Å². The van der Waals surface area contributed by atoms with E-state index in [2.05, 4.69) is 5.32 Å². The van der Waals surface area contributed by atoms with Crippen LogP contribution in [-0.4, -0.2) is 24.5 Å². The molecule has 1 aromatic carbocycles. The largest absolute Gasteiger partial charge is 0.425 e. The van der Waals surface area contributed by atoms with Crippen molar-refractivity contribution in [2.45, 2.75) is 12.8 Å². The molecule has 22 heavy (non-hydrogen) atoms. The Morgan fingerprint density at radius 3 is 2.68 bits per heavy atom. The van der Waals surface area contributed by atoms with Crippen molar-refractivity contribution in [2.75, 3.05) is 6.26 Å². The highest BCUT2D eigenvalue weighted by Gasteiger charge is 2.31. The van der Waals surface area contributed by atoms with Gasteiger partial charge >= 0.3 is 5.97 Å². The molecule has 5 nitrogen and oxygen atoms in total. The van der Waals surface area contributed by atoms with E-state index < -0.39 is 5.91 Å². The van der Waals surface area contributed by atoms with Gasteiger partial charge in [0.2, 0.25) is 6.41 Å². The molecule has 1 saturated carbocycles. The highest BCUT2D eigenvalue weighted by atomic mass is 35.5. The highest BCUT2D eigenvalue weighted by molar-refractivity contribution is 8.03. The smallest absolute Gasteiger partial charge is 0.314 e. The third-order valence-corrected chi connectivity index (χ3v) is 4.05. The van der Waals surface area contributed by atoms with Gasteiger partial charge in [0, 0.05) is 0 Å². The number of nitrogens with one attached hydrogen (secondary N) is 1. The van der Waals surface area contributed by atoms with E-state index in [1.807, 2.05) is 0 Å². The standard InChI is InChI=1S/C15H14ClNO4S/c1-22-13(14(19)17-8-18)7-9-2-5-12(11(16)6-9)21-15(20)10-3-4-10/h2,5-8,10H,3-4H2,1H3,(H,17,18,19)/b13-7-. The van der Waals surface area contributed by atoms with Crippen molar-refractivity contribution in [3.8, 4) is 5.75 Å². The van der Waals surface area contributed by atoms with Gasteiger partial charge in [0.1, 0.15) is 5.75 Å². The van der Waals surface area contributed by atoms with Crippen LogP contribution in [-0.2, 0) is 14.4 Å². The van der Waals surface area contributed by atoms with E-state index in [0.717, 1.165) is 12.8 Å². The second-order valence-corrected chi connectivity index (χ2v) is 5.94. The summed E-state index contributed by atoms with van der Waals surface area (Å²) in [5.41, 5.74) is 0.668. The van der Waals surface area contributed by atoms with E-state index in [0.29, 0.717) is 27.7 Å². The van der Waals surface area contributed by atoms with Gasteiger partial charge in [0.05, 0.1) is 15.8 Å². The first kappa shape index (κ1) is 16.6. The Balaban J connectivity index is 2.15. The number of thioether (sulfide) groups is 1. The molecule has 0 radical (unpaired) electrons. The SMILES string of the molecule is CS/C(=C\c1ccc(OC(=O)C2CC2)c(Cl)c1)C(=O)NC=O. The van der Waals surface area contributed by atoms with E-state index in [1.54, 1.807) is 30.5 Å². The molecule has 116 valence electrons. The molecule has 0 unspecified atom stereocenters. The van der Waals surface area contributed by atoms with Crippen molar-refractivity contribution in [3.05, 3.63) is 33.7 Å². The number of rotatable bonds is 6. The van der Waals surface area contributed by atoms with E-state index in [4.69, 9.17) is 16.3 Å². The molecule has 0 saturated heterocycles. The first-order valence-electron chi connectivity index (χ1n) is 6.56. The van der Waals surface area contributed by atoms with Crippen LogP contribution in [0.5, 0.6) is 5.75 Å². The molecule has 0 aromatic heterocycles. The average Bonchev–Trinajstić information content (AvgIpc) is 3.32. The molecule has 7 heteroatoms. The van der Waals surface area contributed by atoms with E-state index in [9.17, 15) is 14.4 Å². The van der Waals surface area contributed by atoms with E-state index in [1.165, 1.54) is 11.8 Å². The number of esters is 1. The summed E-state index contributed by atoms with van der Waals surface area (Å²) in [6.07, 6.45) is 5.38. The number of benzene rings is 1. The third-order valence-electron chi connectivity index (χ3n) is 3.01. The lowest BCUT2D eigenvalue weighted by Crippen LogP contribution is -2.21. The van der Waals surface area contributed by atoms with Crippen LogP contribution in [0.4, 0.5) is 0 Å². The minimum absolute atomic E-state index is 0.00855. The zero-order valence-electron chi connectivity index (χ0n) is 11.8. The lowest BCUT2D eigenvalue weighted by Gasteiger charge is -2.07. The molecule has 1 aliphatic carbocycles. The molecule has 1 aliphatic rings. The molecule has 0 atom stereocenters. The Bertz CT molecular complexity index is 640. The fourth-order valence-corrected chi connectivity index (χ4v) is 2.42. The van der Waals surface area contributed by atoms with Crippen molar-refractivity contribution in [2.24, 2.45) is 5.92 Å². The molecule has 1 aromatic rings. The monoisotopic (exact) mass is 339 g/mol. The van der Waals surface area contributed by atoms with Gasteiger partial charge in [-0.1, -0.05) is 17.7 Å². The van der Waals surface area contributed by atoms with Crippen LogP contribution >= 0.6 is 23.4 Å². The van der Waals surface area contributed by atoms with Gasteiger partial charge in [0.15, 0.2) is 0 Å². The number of carbonyl (C=O) groups is 3. The highest BCUT2D eigenvalue weighted by Crippen LogP contribution is 2.33. The zero-order valence-corrected chi connectivity index (χ0v) is 13.4. The number of amides is 2. The summed E-state index contributed by atoms with van der Waals surface area (Å²) in [7, 11) is 0. The van der Waals surface area contributed by atoms with Gasteiger partial charge in [0.25, 0.3) is 5.91 Å². The van der Waals surface area contributed by atoms with Crippen LogP contribution in [0.2, 0.25) is 5.02 Å². The molecule has 0 spiro atoms. The normalized spacial score (nSPS) is 14.4. The summed E-state index contributed by atoms with van der Waals surface area (Å²) in [5.74, 6) is -0.451. The molecule has 2 amide bonds. The predicted molar refractivity (Wildman–Crippen MR) is 85.5 cm³/mol. The molecular weight excluding hydrogens is 326 g/mol. The maximum absolute atomic E-state index is 11.6. The van der Waals surface area contributed by atoms with Gasteiger partial charge in [-0.15, -0.1) is 11.8 Å². The summed E-state index contributed by atoms with van der Waals surface area (Å²) in [5, 5.41) is 2.37. The molecule has 0 bridgehead atoms. The average molecular weight is 340 g/mol. The maximum Gasteiger partial charge on any atom is 0.314 e. The number of ether oxygens (including phenoxy) is 1. The summed E-state index contributed by atoms with van der Waals surface area (Å²) in [6.45, 7) is 0. The minimum Gasteiger partial charge on any atom is -0.425 e. The lowest BCUT2D eigenvalue weighted by atomic mass is 10.2. The van der Waals surface area contributed by atoms with Crippen molar-refractivity contribution >= 4 is 47.7 Å². The quantitative estimate of drug-likeness (QED) is 0.373. The Morgan fingerprint density at radius 2 is 2.14 bits per heavy atom. The van der Waals surface area contributed by atoms with Gasteiger partial charge in [-0.2, -0.15) is 0 Å². The molecule has 1 N–H and O–H groups in total. The van der Waals surface area contributed by atoms with Crippen molar-refractivity contribution in [1.82, 2.24) is 5.32 Å². The van der Waals surface area contributed by atoms with Crippen LogP contribution in [0.1, 0.15) is 18.4 Å². The van der Waals surface area contributed by atoms with Crippen molar-refractivity contribution in [3.63, 3.8) is 0 Å². The van der Waals surface area contributed by atoms with Crippen LogP contribution in [0.3, 0.4) is 0 Å². The zero-order chi connectivity index (χ0) is 16.1. The fraction of sp³-hybridized carbons (Fsp3) is 0.267.